The quantitative estimate of drug-likeness (QED) is 0.107. The van der Waals surface area contributed by atoms with Crippen molar-refractivity contribution >= 4 is 17.5 Å². The number of carbonyl (C=O) groups is 3. The van der Waals surface area contributed by atoms with Crippen LogP contribution in [0.4, 0.5) is 0 Å². The minimum atomic E-state index is -1.39. The summed E-state index contributed by atoms with van der Waals surface area (Å²) in [6.07, 6.45) is 16.0. The highest BCUT2D eigenvalue weighted by molar-refractivity contribution is 6.27. The molecule has 7 nitrogen and oxygen atoms in total. The third kappa shape index (κ3) is 11.1. The molecule has 1 aliphatic heterocycles. The zero-order valence-electron chi connectivity index (χ0n) is 22.9. The van der Waals surface area contributed by atoms with Gasteiger partial charge in [-0.1, -0.05) is 67.0 Å². The van der Waals surface area contributed by atoms with Gasteiger partial charge in [0, 0.05) is 0 Å². The number of aliphatic hydroxyl groups excluding tert-OH is 3. The Bertz CT molecular complexity index is 926. The molecule has 2 unspecified atom stereocenters. The van der Waals surface area contributed by atoms with Crippen molar-refractivity contribution in [3.63, 3.8) is 0 Å². The molecule has 0 spiro atoms. The SMILES string of the molecule is C/C=C(C)/C=C(\C)C[C@@H](CC)[C@H](O)C/C=C/C=C/[C@@H](O)CCC/C=C(\C)C(=O)C1C(=O)NC(CO)C1=O. The lowest BCUT2D eigenvalue weighted by molar-refractivity contribution is -0.134. The van der Waals surface area contributed by atoms with Gasteiger partial charge in [-0.2, -0.15) is 0 Å². The van der Waals surface area contributed by atoms with Gasteiger partial charge in [0.15, 0.2) is 17.5 Å². The second kappa shape index (κ2) is 17.0. The average Bonchev–Trinajstić information content (AvgIpc) is 3.16. The number of aliphatic hydroxyl groups is 3. The molecular formula is C30H45NO6. The third-order valence-corrected chi connectivity index (χ3v) is 6.73. The monoisotopic (exact) mass is 515 g/mol. The maximum absolute atomic E-state index is 12.5. The molecule has 0 aliphatic carbocycles. The van der Waals surface area contributed by atoms with E-state index in [2.05, 4.69) is 38.2 Å². The van der Waals surface area contributed by atoms with Crippen LogP contribution >= 0.6 is 0 Å². The molecule has 0 radical (unpaired) electrons. The zero-order chi connectivity index (χ0) is 28.0. The van der Waals surface area contributed by atoms with Gasteiger partial charge in [0.25, 0.3) is 0 Å². The Kier molecular flexibility index (Phi) is 14.9. The summed E-state index contributed by atoms with van der Waals surface area (Å²) in [6, 6.07) is -1.01. The standard InChI is InChI=1S/C30H45NO6/c1-6-20(3)17-21(4)18-23(7-2)26(34)16-10-8-9-14-24(33)15-12-11-13-22(5)28(35)27-29(36)25(19-32)31-30(27)37/h6,8-10,13-14,17,23-27,32-34H,7,11-12,15-16,18-19H2,1-5H3,(H,31,37)/b10-8+,14-9+,20-6+,21-17+,22-13+/t23-,24-,25?,26-,27?/m1/s1. The number of hydrogen-bond acceptors (Lipinski definition) is 6. The molecule has 0 aromatic heterocycles. The molecule has 1 aliphatic rings. The number of rotatable bonds is 16. The lowest BCUT2D eigenvalue weighted by Gasteiger charge is -2.21. The van der Waals surface area contributed by atoms with Crippen molar-refractivity contribution < 1.29 is 29.7 Å². The highest BCUT2D eigenvalue weighted by Crippen LogP contribution is 2.22. The average molecular weight is 516 g/mol. The summed E-state index contributed by atoms with van der Waals surface area (Å²) in [5.74, 6) is -3.00. The number of Topliss-reactive ketones (excluding diaryl/α,β-unsaturated/α-hetero) is 2. The van der Waals surface area contributed by atoms with Crippen LogP contribution in [0.3, 0.4) is 0 Å². The predicted octanol–water partition coefficient (Wildman–Crippen LogP) is 3.90. The van der Waals surface area contributed by atoms with E-state index in [9.17, 15) is 24.6 Å². The smallest absolute Gasteiger partial charge is 0.239 e. The van der Waals surface area contributed by atoms with Gasteiger partial charge in [-0.25, -0.2) is 0 Å². The fourth-order valence-corrected chi connectivity index (χ4v) is 4.29. The van der Waals surface area contributed by atoms with Crippen LogP contribution in [0.5, 0.6) is 0 Å². The van der Waals surface area contributed by atoms with Crippen molar-refractivity contribution in [1.29, 1.82) is 0 Å². The first-order valence-electron chi connectivity index (χ1n) is 13.2. The normalized spacial score (nSPS) is 22.1. The first kappa shape index (κ1) is 32.4. The number of ketones is 2. The van der Waals surface area contributed by atoms with Crippen molar-refractivity contribution in [3.8, 4) is 0 Å². The molecule has 37 heavy (non-hydrogen) atoms. The molecule has 4 N–H and O–H groups in total. The van der Waals surface area contributed by atoms with Crippen molar-refractivity contribution in [2.75, 3.05) is 6.61 Å². The number of carbonyl (C=O) groups excluding carboxylic acids is 3. The Morgan fingerprint density at radius 1 is 1.14 bits per heavy atom. The minimum absolute atomic E-state index is 0.195. The molecule has 1 fully saturated rings. The van der Waals surface area contributed by atoms with Crippen molar-refractivity contribution in [2.24, 2.45) is 11.8 Å². The molecule has 1 heterocycles. The molecule has 0 saturated carbocycles. The molecule has 0 aromatic rings. The van der Waals surface area contributed by atoms with E-state index >= 15 is 0 Å². The highest BCUT2D eigenvalue weighted by Gasteiger charge is 2.45. The van der Waals surface area contributed by atoms with E-state index in [0.717, 1.165) is 12.8 Å². The van der Waals surface area contributed by atoms with Crippen LogP contribution in [-0.4, -0.2) is 57.6 Å². The Balaban J connectivity index is 2.42. The summed E-state index contributed by atoms with van der Waals surface area (Å²) in [5, 5.41) is 32.2. The van der Waals surface area contributed by atoms with E-state index in [4.69, 9.17) is 5.11 Å². The van der Waals surface area contributed by atoms with E-state index < -0.39 is 48.2 Å². The molecule has 1 amide bonds. The summed E-state index contributed by atoms with van der Waals surface area (Å²) in [5.41, 5.74) is 2.80. The number of unbranched alkanes of at least 4 members (excludes halogenated alkanes) is 1. The maximum atomic E-state index is 12.5. The second-order valence-corrected chi connectivity index (χ2v) is 9.84. The summed E-state index contributed by atoms with van der Waals surface area (Å²) in [7, 11) is 0. The molecule has 1 saturated heterocycles. The van der Waals surface area contributed by atoms with Crippen molar-refractivity contribution in [2.45, 2.75) is 91.4 Å². The molecule has 1 rings (SSSR count). The number of amides is 1. The van der Waals surface area contributed by atoms with Crippen LogP contribution in [0.1, 0.15) is 73.1 Å². The first-order chi connectivity index (χ1) is 17.5. The van der Waals surface area contributed by atoms with Crippen LogP contribution in [0.25, 0.3) is 0 Å². The van der Waals surface area contributed by atoms with Gasteiger partial charge in [0.05, 0.1) is 18.8 Å². The lowest BCUT2D eigenvalue weighted by Crippen LogP contribution is -2.32. The Labute approximate surface area is 221 Å². The summed E-state index contributed by atoms with van der Waals surface area (Å²) in [4.78, 5) is 36.4. The van der Waals surface area contributed by atoms with E-state index in [1.807, 2.05) is 19.1 Å². The Morgan fingerprint density at radius 3 is 2.43 bits per heavy atom. The van der Waals surface area contributed by atoms with Crippen LogP contribution in [0.2, 0.25) is 0 Å². The highest BCUT2D eigenvalue weighted by atomic mass is 16.3. The molecule has 206 valence electrons. The van der Waals surface area contributed by atoms with E-state index in [1.54, 1.807) is 25.2 Å². The van der Waals surface area contributed by atoms with E-state index in [1.165, 1.54) is 11.1 Å². The van der Waals surface area contributed by atoms with Gasteiger partial charge in [-0.3, -0.25) is 14.4 Å². The molecule has 5 atom stereocenters. The van der Waals surface area contributed by atoms with Gasteiger partial charge >= 0.3 is 0 Å². The Hall–Kier alpha value is -2.61. The molecule has 7 heteroatoms. The van der Waals surface area contributed by atoms with E-state index in [0.29, 0.717) is 31.3 Å². The third-order valence-electron chi connectivity index (χ3n) is 6.73. The molecule has 0 bridgehead atoms. The summed E-state index contributed by atoms with van der Waals surface area (Å²) >= 11 is 0. The Morgan fingerprint density at radius 2 is 1.84 bits per heavy atom. The minimum Gasteiger partial charge on any atom is -0.394 e. The lowest BCUT2D eigenvalue weighted by atomic mass is 9.89. The van der Waals surface area contributed by atoms with Gasteiger partial charge in [0.1, 0.15) is 6.04 Å². The summed E-state index contributed by atoms with van der Waals surface area (Å²) < 4.78 is 0. The predicted molar refractivity (Wildman–Crippen MR) is 147 cm³/mol. The number of nitrogens with one attached hydrogen (secondary N) is 1. The topological polar surface area (TPSA) is 124 Å². The van der Waals surface area contributed by atoms with Crippen LogP contribution in [0, 0.1) is 11.8 Å². The van der Waals surface area contributed by atoms with Crippen molar-refractivity contribution in [3.05, 3.63) is 59.3 Å². The number of hydrogen-bond donors (Lipinski definition) is 4. The summed E-state index contributed by atoms with van der Waals surface area (Å²) in [6.45, 7) is 9.31. The largest absolute Gasteiger partial charge is 0.394 e. The van der Waals surface area contributed by atoms with Crippen LogP contribution < -0.4 is 5.32 Å². The van der Waals surface area contributed by atoms with Crippen LogP contribution in [0.15, 0.2) is 59.3 Å². The fraction of sp³-hybridized carbons (Fsp3) is 0.567. The molecule has 0 aromatic carbocycles. The van der Waals surface area contributed by atoms with Gasteiger partial charge in [0.2, 0.25) is 5.91 Å². The van der Waals surface area contributed by atoms with Gasteiger partial charge in [-0.05, 0) is 71.3 Å². The zero-order valence-corrected chi connectivity index (χ0v) is 22.9. The molecular weight excluding hydrogens is 470 g/mol. The number of allylic oxidation sites excluding steroid dienone is 8. The van der Waals surface area contributed by atoms with E-state index in [-0.39, 0.29) is 5.92 Å². The first-order valence-corrected chi connectivity index (χ1v) is 13.2. The van der Waals surface area contributed by atoms with Gasteiger partial charge < -0.3 is 20.6 Å². The fourth-order valence-electron chi connectivity index (χ4n) is 4.29. The van der Waals surface area contributed by atoms with Crippen molar-refractivity contribution in [1.82, 2.24) is 5.32 Å². The van der Waals surface area contributed by atoms with Crippen LogP contribution in [-0.2, 0) is 14.4 Å². The second-order valence-electron chi connectivity index (χ2n) is 9.84. The maximum Gasteiger partial charge on any atom is 0.239 e. The van der Waals surface area contributed by atoms with Gasteiger partial charge in [-0.15, -0.1) is 0 Å².